The van der Waals surface area contributed by atoms with E-state index in [1.54, 1.807) is 30.3 Å². The van der Waals surface area contributed by atoms with Crippen LogP contribution in [0.5, 0.6) is 0 Å². The summed E-state index contributed by atoms with van der Waals surface area (Å²) < 4.78 is 6.71. The Morgan fingerprint density at radius 2 is 1.88 bits per heavy atom. The van der Waals surface area contributed by atoms with E-state index in [1.807, 2.05) is 30.3 Å². The Hall–Kier alpha value is -4.24. The fourth-order valence-corrected chi connectivity index (χ4v) is 3.16. The summed E-state index contributed by atoms with van der Waals surface area (Å²) in [6, 6.07) is 17.4. The molecule has 160 valence electrons. The van der Waals surface area contributed by atoms with Crippen LogP contribution in [-0.2, 0) is 9.59 Å². The van der Waals surface area contributed by atoms with Crippen molar-refractivity contribution in [3.05, 3.63) is 77.7 Å². The summed E-state index contributed by atoms with van der Waals surface area (Å²) in [4.78, 5) is 24.5. The Morgan fingerprint density at radius 3 is 2.56 bits per heavy atom. The molecule has 2 aromatic heterocycles. The zero-order valence-electron chi connectivity index (χ0n) is 16.8. The molecule has 2 aromatic carbocycles. The minimum atomic E-state index is -0.514. The van der Waals surface area contributed by atoms with Crippen LogP contribution >= 0.6 is 11.6 Å². The van der Waals surface area contributed by atoms with Gasteiger partial charge in [0.25, 0.3) is 5.91 Å². The number of amides is 2. The molecule has 2 N–H and O–H groups in total. The summed E-state index contributed by atoms with van der Waals surface area (Å²) in [6.45, 7) is 1.39. The maximum atomic E-state index is 13.3. The topological polar surface area (TPSA) is 115 Å². The standard InChI is InChI=1S/C22H17ClN6O3/c1-14(30)24-16-9-10-19(18(23)12-16)25-22(31)20(13-17-8-5-11-32-17)29-21(26-27-28-29)15-6-3-2-4-7-15/h2-13H,1H3,(H,24,30)(H,25,31)/b20-13-. The van der Waals surface area contributed by atoms with Gasteiger partial charge < -0.3 is 15.1 Å². The highest BCUT2D eigenvalue weighted by Gasteiger charge is 2.21. The van der Waals surface area contributed by atoms with Gasteiger partial charge in [0.15, 0.2) is 5.82 Å². The highest BCUT2D eigenvalue weighted by molar-refractivity contribution is 6.35. The van der Waals surface area contributed by atoms with E-state index >= 15 is 0 Å². The molecule has 32 heavy (non-hydrogen) atoms. The average molecular weight is 449 g/mol. The van der Waals surface area contributed by atoms with E-state index in [9.17, 15) is 9.59 Å². The SMILES string of the molecule is CC(=O)Nc1ccc(NC(=O)/C(=C/c2ccco2)n2nnnc2-c2ccccc2)c(Cl)c1. The first-order valence-electron chi connectivity index (χ1n) is 9.49. The molecule has 9 nitrogen and oxygen atoms in total. The van der Waals surface area contributed by atoms with Crippen molar-refractivity contribution in [3.8, 4) is 11.4 Å². The summed E-state index contributed by atoms with van der Waals surface area (Å²) in [7, 11) is 0. The van der Waals surface area contributed by atoms with Crippen molar-refractivity contribution in [1.29, 1.82) is 0 Å². The summed E-state index contributed by atoms with van der Waals surface area (Å²) in [5.41, 5.74) is 1.71. The summed E-state index contributed by atoms with van der Waals surface area (Å²) in [6.07, 6.45) is 3.02. The molecule has 4 aromatic rings. The lowest BCUT2D eigenvalue weighted by Crippen LogP contribution is -2.19. The van der Waals surface area contributed by atoms with Gasteiger partial charge in [-0.25, -0.2) is 0 Å². The second-order valence-electron chi connectivity index (χ2n) is 6.66. The molecule has 2 heterocycles. The van der Waals surface area contributed by atoms with Gasteiger partial charge in [-0.3, -0.25) is 9.59 Å². The summed E-state index contributed by atoms with van der Waals surface area (Å²) in [5.74, 6) is 0.0797. The molecule has 4 rings (SSSR count). The number of benzene rings is 2. The lowest BCUT2D eigenvalue weighted by atomic mass is 10.2. The molecule has 0 radical (unpaired) electrons. The number of furan rings is 1. The van der Waals surface area contributed by atoms with Crippen LogP contribution in [0.15, 0.2) is 71.3 Å². The van der Waals surface area contributed by atoms with Crippen molar-refractivity contribution in [3.63, 3.8) is 0 Å². The number of tetrazole rings is 1. The van der Waals surface area contributed by atoms with E-state index in [4.69, 9.17) is 16.0 Å². The molecule has 0 saturated carbocycles. The first-order valence-corrected chi connectivity index (χ1v) is 9.87. The van der Waals surface area contributed by atoms with E-state index in [1.165, 1.54) is 23.9 Å². The van der Waals surface area contributed by atoms with Crippen LogP contribution in [0.3, 0.4) is 0 Å². The third kappa shape index (κ3) is 4.73. The molecular formula is C22H17ClN6O3. The number of anilines is 2. The quantitative estimate of drug-likeness (QED) is 0.427. The van der Waals surface area contributed by atoms with Crippen molar-refractivity contribution in [2.75, 3.05) is 10.6 Å². The van der Waals surface area contributed by atoms with Crippen LogP contribution in [0.2, 0.25) is 5.02 Å². The molecule has 0 aliphatic heterocycles. The van der Waals surface area contributed by atoms with Crippen molar-refractivity contribution in [2.45, 2.75) is 6.92 Å². The third-order valence-corrected chi connectivity index (χ3v) is 4.63. The molecule has 0 aliphatic rings. The van der Waals surface area contributed by atoms with E-state index < -0.39 is 5.91 Å². The van der Waals surface area contributed by atoms with Gasteiger partial charge in [0.1, 0.15) is 11.5 Å². The number of aromatic nitrogens is 4. The van der Waals surface area contributed by atoms with Crippen molar-refractivity contribution in [1.82, 2.24) is 20.2 Å². The first kappa shape index (κ1) is 21.0. The predicted octanol–water partition coefficient (Wildman–Crippen LogP) is 4.18. The molecule has 0 aliphatic carbocycles. The van der Waals surface area contributed by atoms with Gasteiger partial charge in [-0.15, -0.1) is 5.10 Å². The number of carbonyl (C=O) groups excluding carboxylic acids is 2. The van der Waals surface area contributed by atoms with Crippen LogP contribution in [0.4, 0.5) is 11.4 Å². The Balaban J connectivity index is 1.70. The molecule has 0 fully saturated rings. The zero-order valence-corrected chi connectivity index (χ0v) is 17.6. The van der Waals surface area contributed by atoms with E-state index in [-0.39, 0.29) is 16.6 Å². The minimum Gasteiger partial charge on any atom is -0.465 e. The van der Waals surface area contributed by atoms with Crippen LogP contribution < -0.4 is 10.6 Å². The highest BCUT2D eigenvalue weighted by atomic mass is 35.5. The van der Waals surface area contributed by atoms with Crippen molar-refractivity contribution < 1.29 is 14.0 Å². The number of hydrogen-bond donors (Lipinski definition) is 2. The van der Waals surface area contributed by atoms with E-state index in [0.29, 0.717) is 23.0 Å². The summed E-state index contributed by atoms with van der Waals surface area (Å²) in [5, 5.41) is 17.5. The second-order valence-corrected chi connectivity index (χ2v) is 7.06. The normalized spacial score (nSPS) is 11.2. The molecule has 0 bridgehead atoms. The fraction of sp³-hybridized carbons (Fsp3) is 0.0455. The van der Waals surface area contributed by atoms with Gasteiger partial charge in [-0.1, -0.05) is 41.9 Å². The minimum absolute atomic E-state index is 0.116. The lowest BCUT2D eigenvalue weighted by molar-refractivity contribution is -0.114. The van der Waals surface area contributed by atoms with Gasteiger partial charge in [0.05, 0.1) is 17.0 Å². The highest BCUT2D eigenvalue weighted by Crippen LogP contribution is 2.27. The molecule has 10 heteroatoms. The molecule has 0 atom stereocenters. The number of nitrogens with zero attached hydrogens (tertiary/aromatic N) is 4. The first-order chi connectivity index (χ1) is 15.5. The van der Waals surface area contributed by atoms with E-state index in [0.717, 1.165) is 5.56 Å². The number of halogens is 1. The molecule has 0 spiro atoms. The number of carbonyl (C=O) groups is 2. The van der Waals surface area contributed by atoms with Crippen LogP contribution in [0.1, 0.15) is 12.7 Å². The van der Waals surface area contributed by atoms with Gasteiger partial charge in [-0.05, 0) is 40.8 Å². The maximum Gasteiger partial charge on any atom is 0.274 e. The summed E-state index contributed by atoms with van der Waals surface area (Å²) >= 11 is 6.31. The maximum absolute atomic E-state index is 13.3. The molecule has 0 saturated heterocycles. The molecule has 2 amide bonds. The van der Waals surface area contributed by atoms with Crippen molar-refractivity contribution in [2.24, 2.45) is 0 Å². The number of nitrogens with one attached hydrogen (secondary N) is 2. The Kier molecular flexibility index (Phi) is 6.09. The van der Waals surface area contributed by atoms with Crippen LogP contribution in [-0.4, -0.2) is 32.0 Å². The van der Waals surface area contributed by atoms with Crippen LogP contribution in [0.25, 0.3) is 23.2 Å². The Labute approximate surface area is 187 Å². The van der Waals surface area contributed by atoms with Gasteiger partial charge in [0.2, 0.25) is 5.91 Å². The Bertz CT molecular complexity index is 1280. The molecular weight excluding hydrogens is 432 g/mol. The van der Waals surface area contributed by atoms with Gasteiger partial charge >= 0.3 is 0 Å². The number of rotatable bonds is 6. The second kappa shape index (κ2) is 9.27. The largest absolute Gasteiger partial charge is 0.465 e. The van der Waals surface area contributed by atoms with Crippen LogP contribution in [0, 0.1) is 0 Å². The fourth-order valence-electron chi connectivity index (χ4n) is 2.93. The zero-order chi connectivity index (χ0) is 22.5. The third-order valence-electron chi connectivity index (χ3n) is 4.32. The van der Waals surface area contributed by atoms with Gasteiger partial charge in [0, 0.05) is 24.3 Å². The van der Waals surface area contributed by atoms with Crippen molar-refractivity contribution >= 4 is 46.6 Å². The number of hydrogen-bond acceptors (Lipinski definition) is 6. The smallest absolute Gasteiger partial charge is 0.274 e. The Morgan fingerprint density at radius 1 is 1.06 bits per heavy atom. The van der Waals surface area contributed by atoms with E-state index in [2.05, 4.69) is 26.2 Å². The predicted molar refractivity (Wildman–Crippen MR) is 121 cm³/mol. The monoisotopic (exact) mass is 448 g/mol. The molecule has 0 unspecified atom stereocenters. The average Bonchev–Trinajstić information content (AvgIpc) is 3.46. The lowest BCUT2D eigenvalue weighted by Gasteiger charge is -2.12. The van der Waals surface area contributed by atoms with Gasteiger partial charge in [-0.2, -0.15) is 4.68 Å².